The van der Waals surface area contributed by atoms with Crippen molar-refractivity contribution in [1.82, 2.24) is 5.32 Å². The van der Waals surface area contributed by atoms with Gasteiger partial charge in [-0.15, -0.1) is 11.3 Å². The number of carboxylic acid groups (broad SMARTS) is 1. The highest BCUT2D eigenvalue weighted by Crippen LogP contribution is 2.21. The lowest BCUT2D eigenvalue weighted by Gasteiger charge is -2.08. The van der Waals surface area contributed by atoms with Crippen molar-refractivity contribution in [3.63, 3.8) is 0 Å². The highest BCUT2D eigenvalue weighted by Gasteiger charge is 2.12. The van der Waals surface area contributed by atoms with Crippen molar-refractivity contribution in [2.75, 3.05) is 0 Å². The van der Waals surface area contributed by atoms with E-state index in [4.69, 9.17) is 5.11 Å². The first-order valence-corrected chi connectivity index (χ1v) is 6.81. The van der Waals surface area contributed by atoms with Crippen LogP contribution >= 0.6 is 27.3 Å². The SMILES string of the molecule is CC(CC(=O)O)CC(=O)NCc1ccc(Br)s1. The lowest BCUT2D eigenvalue weighted by Crippen LogP contribution is -2.24. The molecule has 0 aliphatic heterocycles. The van der Waals surface area contributed by atoms with Crippen LogP contribution in [0, 0.1) is 5.92 Å². The second-order valence-electron chi connectivity index (χ2n) is 3.89. The summed E-state index contributed by atoms with van der Waals surface area (Å²) in [5.74, 6) is -1.11. The maximum absolute atomic E-state index is 11.5. The molecule has 1 unspecified atom stereocenters. The molecule has 0 saturated heterocycles. The zero-order valence-corrected chi connectivity index (χ0v) is 11.8. The largest absolute Gasteiger partial charge is 0.481 e. The van der Waals surface area contributed by atoms with Gasteiger partial charge < -0.3 is 10.4 Å². The normalized spacial score (nSPS) is 12.1. The van der Waals surface area contributed by atoms with Crippen LogP contribution in [-0.4, -0.2) is 17.0 Å². The van der Waals surface area contributed by atoms with Crippen LogP contribution in [0.15, 0.2) is 15.9 Å². The minimum atomic E-state index is -0.868. The van der Waals surface area contributed by atoms with Crippen molar-refractivity contribution in [1.29, 1.82) is 0 Å². The topological polar surface area (TPSA) is 66.4 Å². The number of thiophene rings is 1. The van der Waals surface area contributed by atoms with E-state index < -0.39 is 5.97 Å². The van der Waals surface area contributed by atoms with E-state index in [1.807, 2.05) is 12.1 Å². The van der Waals surface area contributed by atoms with Crippen molar-refractivity contribution in [2.24, 2.45) is 5.92 Å². The summed E-state index contributed by atoms with van der Waals surface area (Å²) in [6, 6.07) is 3.87. The van der Waals surface area contributed by atoms with E-state index >= 15 is 0 Å². The van der Waals surface area contributed by atoms with Crippen LogP contribution in [0.5, 0.6) is 0 Å². The van der Waals surface area contributed by atoms with Crippen LogP contribution in [0.1, 0.15) is 24.6 Å². The first kappa shape index (κ1) is 14.2. The van der Waals surface area contributed by atoms with E-state index in [0.29, 0.717) is 6.54 Å². The smallest absolute Gasteiger partial charge is 0.303 e. The molecule has 94 valence electrons. The molecule has 0 saturated carbocycles. The van der Waals surface area contributed by atoms with Crippen molar-refractivity contribution in [3.05, 3.63) is 20.8 Å². The van der Waals surface area contributed by atoms with E-state index in [2.05, 4.69) is 21.2 Å². The van der Waals surface area contributed by atoms with E-state index in [0.717, 1.165) is 8.66 Å². The fourth-order valence-corrected chi connectivity index (χ4v) is 2.81. The van der Waals surface area contributed by atoms with Crippen LogP contribution in [0.3, 0.4) is 0 Å². The lowest BCUT2D eigenvalue weighted by atomic mass is 10.0. The number of amides is 1. The highest BCUT2D eigenvalue weighted by atomic mass is 79.9. The average Bonchev–Trinajstić information content (AvgIpc) is 2.59. The van der Waals surface area contributed by atoms with Gasteiger partial charge >= 0.3 is 5.97 Å². The molecule has 6 heteroatoms. The number of carbonyl (C=O) groups excluding carboxylic acids is 1. The molecule has 1 amide bonds. The number of carboxylic acids is 1. The molecule has 0 bridgehead atoms. The van der Waals surface area contributed by atoms with Crippen LogP contribution in [0.25, 0.3) is 0 Å². The molecular weight excluding hydrogens is 306 g/mol. The number of hydrogen-bond donors (Lipinski definition) is 2. The predicted octanol–water partition coefficient (Wildman–Crippen LogP) is 2.63. The van der Waals surface area contributed by atoms with E-state index in [-0.39, 0.29) is 24.7 Å². The van der Waals surface area contributed by atoms with Gasteiger partial charge in [0.2, 0.25) is 5.91 Å². The summed E-state index contributed by atoms with van der Waals surface area (Å²) in [6.07, 6.45) is 0.275. The summed E-state index contributed by atoms with van der Waals surface area (Å²) in [4.78, 5) is 23.0. The fraction of sp³-hybridized carbons (Fsp3) is 0.455. The summed E-state index contributed by atoms with van der Waals surface area (Å²) in [5, 5.41) is 11.3. The van der Waals surface area contributed by atoms with Crippen molar-refractivity contribution in [3.8, 4) is 0 Å². The van der Waals surface area contributed by atoms with E-state index in [1.54, 1.807) is 18.3 Å². The fourth-order valence-electron chi connectivity index (χ4n) is 1.39. The number of nitrogens with one attached hydrogen (secondary N) is 1. The maximum atomic E-state index is 11.5. The number of hydrogen-bond acceptors (Lipinski definition) is 3. The molecule has 0 spiro atoms. The Morgan fingerprint density at radius 2 is 2.18 bits per heavy atom. The van der Waals surface area contributed by atoms with Gasteiger partial charge in [-0.2, -0.15) is 0 Å². The highest BCUT2D eigenvalue weighted by molar-refractivity contribution is 9.11. The van der Waals surface area contributed by atoms with Gasteiger partial charge in [0.05, 0.1) is 10.3 Å². The third-order valence-corrected chi connectivity index (χ3v) is 3.77. The molecule has 1 heterocycles. The summed E-state index contributed by atoms with van der Waals surface area (Å²) in [5.41, 5.74) is 0. The van der Waals surface area contributed by atoms with Crippen molar-refractivity contribution < 1.29 is 14.7 Å². The Bertz CT molecular complexity index is 405. The summed E-state index contributed by atoms with van der Waals surface area (Å²) >= 11 is 4.91. The third-order valence-electron chi connectivity index (χ3n) is 2.15. The van der Waals surface area contributed by atoms with Gasteiger partial charge in [0.15, 0.2) is 0 Å². The molecular formula is C11H14BrNO3S. The van der Waals surface area contributed by atoms with Crippen LogP contribution in [0.2, 0.25) is 0 Å². The molecule has 0 radical (unpaired) electrons. The number of halogens is 1. The molecule has 1 atom stereocenters. The second-order valence-corrected chi connectivity index (χ2v) is 6.44. The molecule has 1 aromatic heterocycles. The minimum Gasteiger partial charge on any atom is -0.481 e. The Balaban J connectivity index is 2.28. The molecule has 1 aromatic rings. The van der Waals surface area contributed by atoms with Crippen molar-refractivity contribution in [2.45, 2.75) is 26.3 Å². The van der Waals surface area contributed by atoms with Crippen molar-refractivity contribution >= 4 is 39.1 Å². The zero-order valence-electron chi connectivity index (χ0n) is 9.40. The Labute approximate surface area is 112 Å². The summed E-state index contributed by atoms with van der Waals surface area (Å²) < 4.78 is 1.03. The lowest BCUT2D eigenvalue weighted by molar-refractivity contribution is -0.138. The molecule has 0 aromatic carbocycles. The van der Waals surface area contributed by atoms with Gasteiger partial charge in [0, 0.05) is 17.7 Å². The summed E-state index contributed by atoms with van der Waals surface area (Å²) in [7, 11) is 0. The molecule has 0 aliphatic carbocycles. The van der Waals surface area contributed by atoms with Crippen LogP contribution in [-0.2, 0) is 16.1 Å². The summed E-state index contributed by atoms with van der Waals surface area (Å²) in [6.45, 7) is 2.25. The van der Waals surface area contributed by atoms with Gasteiger partial charge in [0.1, 0.15) is 0 Å². The van der Waals surface area contributed by atoms with E-state index in [1.165, 1.54) is 0 Å². The second kappa shape index (κ2) is 6.76. The monoisotopic (exact) mass is 319 g/mol. The van der Waals surface area contributed by atoms with Gasteiger partial charge in [0.25, 0.3) is 0 Å². The van der Waals surface area contributed by atoms with Crippen LogP contribution in [0.4, 0.5) is 0 Å². The average molecular weight is 320 g/mol. The van der Waals surface area contributed by atoms with Gasteiger partial charge in [-0.1, -0.05) is 6.92 Å². The van der Waals surface area contributed by atoms with Gasteiger partial charge in [-0.05, 0) is 34.0 Å². The molecule has 1 rings (SSSR count). The molecule has 4 nitrogen and oxygen atoms in total. The Kier molecular flexibility index (Phi) is 5.64. The Morgan fingerprint density at radius 1 is 1.47 bits per heavy atom. The quantitative estimate of drug-likeness (QED) is 0.847. The molecule has 0 aliphatic rings. The van der Waals surface area contributed by atoms with Gasteiger partial charge in [-0.25, -0.2) is 0 Å². The number of carbonyl (C=O) groups is 2. The Morgan fingerprint density at radius 3 is 2.71 bits per heavy atom. The first-order valence-electron chi connectivity index (χ1n) is 5.20. The molecule has 0 fully saturated rings. The predicted molar refractivity (Wildman–Crippen MR) is 69.9 cm³/mol. The first-order chi connectivity index (χ1) is 7.97. The zero-order chi connectivity index (χ0) is 12.8. The van der Waals surface area contributed by atoms with Gasteiger partial charge in [-0.3, -0.25) is 9.59 Å². The van der Waals surface area contributed by atoms with Crippen LogP contribution < -0.4 is 5.32 Å². The minimum absolute atomic E-state index is 0.0258. The van der Waals surface area contributed by atoms with E-state index in [9.17, 15) is 9.59 Å². The Hall–Kier alpha value is -0.880. The number of aliphatic carboxylic acids is 1. The molecule has 2 N–H and O–H groups in total. The maximum Gasteiger partial charge on any atom is 0.303 e. The number of rotatable bonds is 6. The standard InChI is InChI=1S/C11H14BrNO3S/c1-7(5-11(15)16)4-10(14)13-6-8-2-3-9(12)17-8/h2-3,7H,4-6H2,1H3,(H,13,14)(H,15,16). The molecule has 17 heavy (non-hydrogen) atoms. The third kappa shape index (κ3) is 5.83.